The second-order valence-corrected chi connectivity index (χ2v) is 9.66. The Labute approximate surface area is 212 Å². The first-order valence-electron chi connectivity index (χ1n) is 10.9. The Morgan fingerprint density at radius 1 is 1.05 bits per heavy atom. The Morgan fingerprint density at radius 2 is 1.76 bits per heavy atom. The third-order valence-corrected chi connectivity index (χ3v) is 6.58. The monoisotopic (exact) mass is 533 g/mol. The van der Waals surface area contributed by atoms with Crippen LogP contribution in [0.5, 0.6) is 5.75 Å². The van der Waals surface area contributed by atoms with Crippen molar-refractivity contribution in [1.82, 2.24) is 13.5 Å². The van der Waals surface area contributed by atoms with Crippen LogP contribution < -0.4 is 16.0 Å². The summed E-state index contributed by atoms with van der Waals surface area (Å²) in [7, 11) is 2.21. The molecular formula is C25H22F3N3O5S. The summed E-state index contributed by atoms with van der Waals surface area (Å²) in [6.45, 7) is 4.99. The first kappa shape index (κ1) is 26.1. The van der Waals surface area contributed by atoms with Crippen LogP contribution in [0.2, 0.25) is 0 Å². The Kier molecular flexibility index (Phi) is 6.49. The Morgan fingerprint density at radius 3 is 2.41 bits per heavy atom. The molecular weight excluding hydrogens is 511 g/mol. The number of carbonyl (C=O) groups excluding carboxylic acids is 1. The number of nitrogens with zero attached hydrogens (tertiary/aromatic N) is 3. The molecule has 0 unspecified atom stereocenters. The highest BCUT2D eigenvalue weighted by Gasteiger charge is 2.35. The lowest BCUT2D eigenvalue weighted by atomic mass is 10.0. The smallest absolute Gasteiger partial charge is 0.431 e. The average Bonchev–Trinajstić information content (AvgIpc) is 3.24. The third-order valence-electron chi connectivity index (χ3n) is 5.75. The van der Waals surface area contributed by atoms with E-state index in [0.717, 1.165) is 24.1 Å². The molecule has 0 fully saturated rings. The number of rotatable bonds is 5. The van der Waals surface area contributed by atoms with Crippen LogP contribution in [-0.4, -0.2) is 32.2 Å². The fraction of sp³-hybridized carbons (Fsp3) is 0.280. The van der Waals surface area contributed by atoms with Gasteiger partial charge in [0.1, 0.15) is 11.4 Å². The lowest BCUT2D eigenvalue weighted by Gasteiger charge is -2.25. The lowest BCUT2D eigenvalue weighted by Crippen LogP contribution is -2.40. The molecule has 0 spiro atoms. The summed E-state index contributed by atoms with van der Waals surface area (Å²) in [5.74, 6) is -0.233. The van der Waals surface area contributed by atoms with Gasteiger partial charge in [0, 0.05) is 24.1 Å². The average molecular weight is 534 g/mol. The van der Waals surface area contributed by atoms with Gasteiger partial charge >= 0.3 is 17.8 Å². The van der Waals surface area contributed by atoms with Crippen molar-refractivity contribution in [2.24, 2.45) is 7.05 Å². The maximum absolute atomic E-state index is 13.3. The molecule has 4 rings (SSSR count). The number of esters is 1. The van der Waals surface area contributed by atoms with Gasteiger partial charge in [-0.15, -0.1) is 0 Å². The van der Waals surface area contributed by atoms with Gasteiger partial charge in [-0.1, -0.05) is 11.6 Å². The van der Waals surface area contributed by atoms with E-state index >= 15 is 0 Å². The molecule has 0 aliphatic rings. The van der Waals surface area contributed by atoms with Gasteiger partial charge in [-0.3, -0.25) is 9.36 Å². The standard InChI is InChI=1S/C25H22F3N3O5S/c1-13-6-8-17(36-24(2,3)22(33)35-5)15(10-13)21-16-11-14(7-9-18(16)37-29-21)31-20(32)12-19(25(26,27)28)30(4)23(31)34/h6-12H,1-5H3. The molecule has 0 radical (unpaired) electrons. The van der Waals surface area contributed by atoms with E-state index in [1.165, 1.54) is 19.2 Å². The van der Waals surface area contributed by atoms with E-state index in [9.17, 15) is 27.6 Å². The van der Waals surface area contributed by atoms with Crippen molar-refractivity contribution in [3.8, 4) is 22.7 Å². The molecule has 2 heterocycles. The zero-order valence-electron chi connectivity index (χ0n) is 20.5. The third kappa shape index (κ3) is 4.76. The van der Waals surface area contributed by atoms with Gasteiger partial charge in [0.05, 0.1) is 23.2 Å². The number of hydrogen-bond acceptors (Lipinski definition) is 7. The van der Waals surface area contributed by atoms with Crippen LogP contribution in [0.15, 0.2) is 52.1 Å². The van der Waals surface area contributed by atoms with Crippen LogP contribution in [-0.2, 0) is 22.8 Å². The predicted molar refractivity (Wildman–Crippen MR) is 132 cm³/mol. The number of methoxy groups -OCH3 is 1. The highest BCUT2D eigenvalue weighted by molar-refractivity contribution is 7.13. The zero-order valence-corrected chi connectivity index (χ0v) is 21.3. The Hall–Kier alpha value is -3.93. The summed E-state index contributed by atoms with van der Waals surface area (Å²) in [5.41, 5.74) is -2.93. The van der Waals surface area contributed by atoms with Crippen molar-refractivity contribution in [2.45, 2.75) is 32.5 Å². The molecule has 37 heavy (non-hydrogen) atoms. The minimum Gasteiger partial charge on any atom is -0.475 e. The van der Waals surface area contributed by atoms with Crippen molar-refractivity contribution in [3.05, 3.63) is 74.6 Å². The highest BCUT2D eigenvalue weighted by Crippen LogP contribution is 2.39. The van der Waals surface area contributed by atoms with E-state index in [0.29, 0.717) is 42.3 Å². The minimum atomic E-state index is -4.86. The number of aromatic nitrogens is 3. The first-order chi connectivity index (χ1) is 17.2. The first-order valence-corrected chi connectivity index (χ1v) is 11.7. The normalized spacial score (nSPS) is 12.1. The van der Waals surface area contributed by atoms with E-state index < -0.39 is 34.7 Å². The molecule has 0 bridgehead atoms. The Bertz CT molecular complexity index is 1650. The molecule has 2 aromatic heterocycles. The molecule has 0 amide bonds. The summed E-state index contributed by atoms with van der Waals surface area (Å²) < 4.78 is 56.9. The number of ether oxygens (including phenoxy) is 2. The maximum atomic E-state index is 13.3. The van der Waals surface area contributed by atoms with Crippen LogP contribution in [0.3, 0.4) is 0 Å². The van der Waals surface area contributed by atoms with Gasteiger partial charge in [-0.05, 0) is 62.6 Å². The number of hydrogen-bond donors (Lipinski definition) is 0. The molecule has 0 aliphatic heterocycles. The number of benzene rings is 2. The number of alkyl halides is 3. The Balaban J connectivity index is 1.90. The van der Waals surface area contributed by atoms with Gasteiger partial charge in [0.15, 0.2) is 5.60 Å². The zero-order chi connectivity index (χ0) is 27.3. The molecule has 8 nitrogen and oxygen atoms in total. The van der Waals surface area contributed by atoms with E-state index in [-0.39, 0.29) is 5.69 Å². The SMILES string of the molecule is COC(=O)C(C)(C)Oc1ccc(C)cc1-c1nsc2ccc(-n3c(=O)cc(C(F)(F)F)n(C)c3=O)cc12. The van der Waals surface area contributed by atoms with Crippen molar-refractivity contribution < 1.29 is 27.4 Å². The summed E-state index contributed by atoms with van der Waals surface area (Å²) in [6.07, 6.45) is -4.86. The number of carbonyl (C=O) groups is 1. The summed E-state index contributed by atoms with van der Waals surface area (Å²) >= 11 is 1.16. The molecule has 0 aliphatic carbocycles. The maximum Gasteiger partial charge on any atom is 0.431 e. The van der Waals surface area contributed by atoms with Crippen molar-refractivity contribution in [3.63, 3.8) is 0 Å². The molecule has 194 valence electrons. The number of fused-ring (bicyclic) bond motifs is 1. The van der Waals surface area contributed by atoms with Crippen LogP contribution in [0.25, 0.3) is 27.0 Å². The molecule has 0 saturated heterocycles. The quantitative estimate of drug-likeness (QED) is 0.352. The van der Waals surface area contributed by atoms with Crippen molar-refractivity contribution in [2.75, 3.05) is 7.11 Å². The van der Waals surface area contributed by atoms with Crippen LogP contribution >= 0.6 is 11.5 Å². The summed E-state index contributed by atoms with van der Waals surface area (Å²) in [6, 6.07) is 10.3. The summed E-state index contributed by atoms with van der Waals surface area (Å²) in [5, 5.41) is 0.544. The molecule has 0 N–H and O–H groups in total. The van der Waals surface area contributed by atoms with Crippen LogP contribution in [0, 0.1) is 6.92 Å². The fourth-order valence-corrected chi connectivity index (χ4v) is 4.64. The van der Waals surface area contributed by atoms with Gasteiger partial charge in [0.2, 0.25) is 0 Å². The van der Waals surface area contributed by atoms with E-state index in [1.54, 1.807) is 32.0 Å². The van der Waals surface area contributed by atoms with E-state index in [2.05, 4.69) is 4.37 Å². The summed E-state index contributed by atoms with van der Waals surface area (Å²) in [4.78, 5) is 37.6. The van der Waals surface area contributed by atoms with E-state index in [1.807, 2.05) is 13.0 Å². The molecule has 0 saturated carbocycles. The van der Waals surface area contributed by atoms with Gasteiger partial charge in [-0.25, -0.2) is 14.2 Å². The highest BCUT2D eigenvalue weighted by atomic mass is 32.1. The molecule has 12 heteroatoms. The van der Waals surface area contributed by atoms with Crippen LogP contribution in [0.1, 0.15) is 25.1 Å². The lowest BCUT2D eigenvalue weighted by molar-refractivity contribution is -0.156. The topological polar surface area (TPSA) is 92.4 Å². The largest absolute Gasteiger partial charge is 0.475 e. The van der Waals surface area contributed by atoms with E-state index in [4.69, 9.17) is 9.47 Å². The fourth-order valence-electron chi connectivity index (χ4n) is 3.88. The molecule has 0 atom stereocenters. The predicted octanol–water partition coefficient (Wildman–Crippen LogP) is 4.47. The second kappa shape index (κ2) is 9.18. The second-order valence-electron chi connectivity index (χ2n) is 8.86. The van der Waals surface area contributed by atoms with Crippen LogP contribution in [0.4, 0.5) is 13.2 Å². The number of aryl methyl sites for hydroxylation is 1. The van der Waals surface area contributed by atoms with Gasteiger partial charge in [0.25, 0.3) is 5.56 Å². The van der Waals surface area contributed by atoms with Crippen molar-refractivity contribution in [1.29, 1.82) is 0 Å². The molecule has 4 aromatic rings. The van der Waals surface area contributed by atoms with Crippen molar-refractivity contribution >= 4 is 27.6 Å². The number of halogens is 3. The van der Waals surface area contributed by atoms with Gasteiger partial charge in [-0.2, -0.15) is 17.5 Å². The minimum absolute atomic E-state index is 0.0817. The van der Waals surface area contributed by atoms with Gasteiger partial charge < -0.3 is 9.47 Å². The molecule has 2 aromatic carbocycles.